The Kier molecular flexibility index (Phi) is 4.02. The molecule has 1 aliphatic rings. The average Bonchev–Trinajstić information content (AvgIpc) is 2.32. The van der Waals surface area contributed by atoms with Crippen LogP contribution in [-0.2, 0) is 0 Å². The Morgan fingerprint density at radius 3 is 3.00 bits per heavy atom. The minimum absolute atomic E-state index is 0.298. The van der Waals surface area contributed by atoms with Gasteiger partial charge in [0.15, 0.2) is 0 Å². The minimum atomic E-state index is 0.298. The van der Waals surface area contributed by atoms with Gasteiger partial charge in [0.25, 0.3) is 0 Å². The fraction of sp³-hybridized carbons (Fsp3) is 0.583. The molecule has 4 heteroatoms. The van der Waals surface area contributed by atoms with Gasteiger partial charge in [-0.1, -0.05) is 18.0 Å². The van der Waals surface area contributed by atoms with E-state index in [9.17, 15) is 0 Å². The molecule has 1 aromatic heterocycles. The van der Waals surface area contributed by atoms with E-state index in [0.717, 1.165) is 25.1 Å². The van der Waals surface area contributed by atoms with Gasteiger partial charge in [0.2, 0.25) is 0 Å². The van der Waals surface area contributed by atoms with Gasteiger partial charge in [-0.05, 0) is 37.3 Å². The molecule has 0 radical (unpaired) electrons. The first kappa shape index (κ1) is 11.7. The predicted molar refractivity (Wildman–Crippen MR) is 65.7 cm³/mol. The number of aliphatic hydroxyl groups excluding tert-OH is 1. The summed E-state index contributed by atoms with van der Waals surface area (Å²) in [6.45, 7) is 0.298. The lowest BCUT2D eigenvalue weighted by atomic mass is 9.86. The number of pyridine rings is 1. The smallest absolute Gasteiger partial charge is 0.126 e. The first-order chi connectivity index (χ1) is 7.78. The standard InChI is InChI=1S/C12H17ClN2O/c13-10-4-5-12(14-7-10)15-11-3-1-2-9(6-11)8-16/h4-5,7,9,11,16H,1-3,6,8H2,(H,14,15)/t9-,11+/m1/s1. The van der Waals surface area contributed by atoms with E-state index in [1.807, 2.05) is 12.1 Å². The number of aliphatic hydroxyl groups is 1. The quantitative estimate of drug-likeness (QED) is 0.854. The van der Waals surface area contributed by atoms with E-state index >= 15 is 0 Å². The van der Waals surface area contributed by atoms with Crippen LogP contribution < -0.4 is 5.32 Å². The van der Waals surface area contributed by atoms with Crippen LogP contribution in [0, 0.1) is 5.92 Å². The van der Waals surface area contributed by atoms with Crippen LogP contribution in [0.15, 0.2) is 18.3 Å². The van der Waals surface area contributed by atoms with Crippen LogP contribution in [0.25, 0.3) is 0 Å². The summed E-state index contributed by atoms with van der Waals surface area (Å²) in [5.74, 6) is 1.31. The molecule has 1 heterocycles. The maximum atomic E-state index is 9.15. The zero-order chi connectivity index (χ0) is 11.4. The monoisotopic (exact) mass is 240 g/mol. The second-order valence-electron chi connectivity index (χ2n) is 4.42. The Balaban J connectivity index is 1.91. The number of nitrogens with one attached hydrogen (secondary N) is 1. The molecule has 1 aromatic rings. The van der Waals surface area contributed by atoms with Gasteiger partial charge in [0.05, 0.1) is 5.02 Å². The highest BCUT2D eigenvalue weighted by atomic mass is 35.5. The molecule has 2 atom stereocenters. The molecular formula is C12H17ClN2O. The molecule has 1 fully saturated rings. The normalized spacial score (nSPS) is 25.4. The lowest BCUT2D eigenvalue weighted by Crippen LogP contribution is -2.29. The van der Waals surface area contributed by atoms with Crippen LogP contribution >= 0.6 is 11.6 Å². The minimum Gasteiger partial charge on any atom is -0.396 e. The number of hydrogen-bond acceptors (Lipinski definition) is 3. The highest BCUT2D eigenvalue weighted by molar-refractivity contribution is 6.30. The first-order valence-electron chi connectivity index (χ1n) is 5.77. The molecule has 1 aliphatic carbocycles. The summed E-state index contributed by atoms with van der Waals surface area (Å²) >= 11 is 5.78. The number of anilines is 1. The van der Waals surface area contributed by atoms with Crippen LogP contribution in [-0.4, -0.2) is 22.7 Å². The van der Waals surface area contributed by atoms with Gasteiger partial charge in [-0.2, -0.15) is 0 Å². The Labute approximate surface area is 101 Å². The van der Waals surface area contributed by atoms with Crippen molar-refractivity contribution in [1.82, 2.24) is 4.98 Å². The molecule has 0 spiro atoms. The largest absolute Gasteiger partial charge is 0.396 e. The molecule has 88 valence electrons. The molecule has 16 heavy (non-hydrogen) atoms. The Morgan fingerprint density at radius 2 is 2.31 bits per heavy atom. The number of hydrogen-bond donors (Lipinski definition) is 2. The van der Waals surface area contributed by atoms with Crippen molar-refractivity contribution in [2.24, 2.45) is 5.92 Å². The third-order valence-electron chi connectivity index (χ3n) is 3.12. The molecule has 0 amide bonds. The van der Waals surface area contributed by atoms with E-state index in [0.29, 0.717) is 23.6 Å². The van der Waals surface area contributed by atoms with E-state index in [1.165, 1.54) is 6.42 Å². The molecule has 3 nitrogen and oxygen atoms in total. The van der Waals surface area contributed by atoms with Gasteiger partial charge < -0.3 is 10.4 Å². The second kappa shape index (κ2) is 5.51. The lowest BCUT2D eigenvalue weighted by Gasteiger charge is -2.28. The number of halogens is 1. The summed E-state index contributed by atoms with van der Waals surface area (Å²) in [6.07, 6.45) is 6.15. The summed E-state index contributed by atoms with van der Waals surface area (Å²) in [6, 6.07) is 4.16. The molecule has 0 bridgehead atoms. The van der Waals surface area contributed by atoms with Crippen molar-refractivity contribution in [3.63, 3.8) is 0 Å². The molecule has 0 aromatic carbocycles. The van der Waals surface area contributed by atoms with Crippen molar-refractivity contribution in [3.8, 4) is 0 Å². The first-order valence-corrected chi connectivity index (χ1v) is 6.14. The maximum absolute atomic E-state index is 9.15. The third-order valence-corrected chi connectivity index (χ3v) is 3.34. The van der Waals surface area contributed by atoms with Crippen molar-refractivity contribution in [3.05, 3.63) is 23.4 Å². The van der Waals surface area contributed by atoms with Crippen molar-refractivity contribution in [2.45, 2.75) is 31.7 Å². The van der Waals surface area contributed by atoms with Gasteiger partial charge in [0, 0.05) is 18.8 Å². The lowest BCUT2D eigenvalue weighted by molar-refractivity contribution is 0.184. The zero-order valence-electron chi connectivity index (χ0n) is 9.19. The van der Waals surface area contributed by atoms with E-state index in [2.05, 4.69) is 10.3 Å². The molecular weight excluding hydrogens is 224 g/mol. The van der Waals surface area contributed by atoms with Gasteiger partial charge >= 0.3 is 0 Å². The highest BCUT2D eigenvalue weighted by Gasteiger charge is 2.21. The molecule has 1 saturated carbocycles. The molecule has 0 saturated heterocycles. The maximum Gasteiger partial charge on any atom is 0.126 e. The molecule has 0 aliphatic heterocycles. The van der Waals surface area contributed by atoms with Gasteiger partial charge in [-0.15, -0.1) is 0 Å². The summed E-state index contributed by atoms with van der Waals surface area (Å²) in [5, 5.41) is 13.2. The molecule has 0 unspecified atom stereocenters. The summed E-state index contributed by atoms with van der Waals surface area (Å²) in [4.78, 5) is 4.22. The Hall–Kier alpha value is -0.800. The van der Waals surface area contributed by atoms with E-state index in [-0.39, 0.29) is 0 Å². The van der Waals surface area contributed by atoms with Crippen LogP contribution in [0.5, 0.6) is 0 Å². The van der Waals surface area contributed by atoms with E-state index < -0.39 is 0 Å². The second-order valence-corrected chi connectivity index (χ2v) is 4.85. The Morgan fingerprint density at radius 1 is 1.44 bits per heavy atom. The van der Waals surface area contributed by atoms with Crippen molar-refractivity contribution in [1.29, 1.82) is 0 Å². The van der Waals surface area contributed by atoms with Crippen molar-refractivity contribution >= 4 is 17.4 Å². The van der Waals surface area contributed by atoms with Crippen LogP contribution in [0.2, 0.25) is 5.02 Å². The van der Waals surface area contributed by atoms with Crippen molar-refractivity contribution in [2.75, 3.05) is 11.9 Å². The molecule has 2 rings (SSSR count). The highest BCUT2D eigenvalue weighted by Crippen LogP contribution is 2.26. The third kappa shape index (κ3) is 3.09. The summed E-state index contributed by atoms with van der Waals surface area (Å²) < 4.78 is 0. The fourth-order valence-electron chi connectivity index (χ4n) is 2.26. The summed E-state index contributed by atoms with van der Waals surface area (Å²) in [5.41, 5.74) is 0. The average molecular weight is 241 g/mol. The zero-order valence-corrected chi connectivity index (χ0v) is 9.95. The molecule has 2 N–H and O–H groups in total. The summed E-state index contributed by atoms with van der Waals surface area (Å²) in [7, 11) is 0. The van der Waals surface area contributed by atoms with E-state index in [1.54, 1.807) is 6.20 Å². The number of nitrogens with zero attached hydrogens (tertiary/aromatic N) is 1. The number of aromatic nitrogens is 1. The van der Waals surface area contributed by atoms with Crippen molar-refractivity contribution < 1.29 is 5.11 Å². The fourth-order valence-corrected chi connectivity index (χ4v) is 2.37. The number of rotatable bonds is 3. The van der Waals surface area contributed by atoms with Crippen LogP contribution in [0.1, 0.15) is 25.7 Å². The van der Waals surface area contributed by atoms with E-state index in [4.69, 9.17) is 16.7 Å². The van der Waals surface area contributed by atoms with Crippen LogP contribution in [0.4, 0.5) is 5.82 Å². The van der Waals surface area contributed by atoms with Gasteiger partial charge in [-0.3, -0.25) is 0 Å². The predicted octanol–water partition coefficient (Wildman–Crippen LogP) is 2.70. The van der Waals surface area contributed by atoms with Gasteiger partial charge in [0.1, 0.15) is 5.82 Å². The Bertz CT molecular complexity index is 328. The van der Waals surface area contributed by atoms with Gasteiger partial charge in [-0.25, -0.2) is 4.98 Å². The SMILES string of the molecule is OC[C@@H]1CCC[C@H](Nc2ccc(Cl)cn2)C1. The topological polar surface area (TPSA) is 45.1 Å². The van der Waals surface area contributed by atoms with Crippen LogP contribution in [0.3, 0.4) is 0 Å².